The van der Waals surface area contributed by atoms with Crippen LogP contribution in [0.1, 0.15) is 36.7 Å². The Morgan fingerprint density at radius 2 is 1.75 bits per heavy atom. The van der Waals surface area contributed by atoms with E-state index in [0.717, 1.165) is 0 Å². The molecule has 32 heavy (non-hydrogen) atoms. The first-order valence-electron chi connectivity index (χ1n) is 9.51. The molecule has 0 radical (unpaired) electrons. The van der Waals surface area contributed by atoms with Gasteiger partial charge in [0, 0.05) is 12.8 Å². The molecule has 1 unspecified atom stereocenters. The van der Waals surface area contributed by atoms with Crippen molar-refractivity contribution in [3.8, 4) is 17.2 Å². The smallest absolute Gasteiger partial charge is 0.331 e. The second-order valence-electron chi connectivity index (χ2n) is 7.68. The average molecular weight is 593 g/mol. The number of amides is 1. The maximum atomic E-state index is 12.7. The Hall–Kier alpha value is -1.87. The molecule has 0 saturated heterocycles. The number of phenols is 1. The summed E-state index contributed by atoms with van der Waals surface area (Å²) in [5.74, 6) is -0.945. The number of nitrogens with one attached hydrogen (secondary N) is 1. The number of rotatable bonds is 8. The zero-order valence-corrected chi connectivity index (χ0v) is 22.0. The van der Waals surface area contributed by atoms with Crippen LogP contribution in [0.2, 0.25) is 0 Å². The predicted molar refractivity (Wildman–Crippen MR) is 128 cm³/mol. The molecule has 174 valence electrons. The van der Waals surface area contributed by atoms with Gasteiger partial charge in [0.2, 0.25) is 7.37 Å². The minimum atomic E-state index is -3.25. The van der Waals surface area contributed by atoms with E-state index in [4.69, 9.17) is 9.47 Å². The van der Waals surface area contributed by atoms with E-state index in [9.17, 15) is 24.2 Å². The maximum Gasteiger partial charge on any atom is 0.331 e. The van der Waals surface area contributed by atoms with E-state index in [1.54, 1.807) is 19.1 Å². The van der Waals surface area contributed by atoms with Crippen LogP contribution in [0.15, 0.2) is 39.3 Å². The van der Waals surface area contributed by atoms with Crippen molar-refractivity contribution in [1.29, 1.82) is 0 Å². The van der Waals surface area contributed by atoms with Crippen LogP contribution in [0.4, 0.5) is 0 Å². The molecule has 0 saturated carbocycles. The second-order valence-corrected chi connectivity index (χ2v) is 11.8. The fourth-order valence-electron chi connectivity index (χ4n) is 2.73. The largest absolute Gasteiger partial charge is 0.507 e. The first kappa shape index (κ1) is 26.4. The fraction of sp³-hybridized carbons (Fsp3) is 0.333. The van der Waals surface area contributed by atoms with Gasteiger partial charge in [0.15, 0.2) is 5.75 Å². The first-order chi connectivity index (χ1) is 14.7. The predicted octanol–water partition coefficient (Wildman–Crippen LogP) is 5.18. The summed E-state index contributed by atoms with van der Waals surface area (Å²) in [6.07, 6.45) is 0.00423. The topological polar surface area (TPSA) is 122 Å². The number of carbonyl (C=O) groups is 2. The number of hydrogen-bond donors (Lipinski definition) is 3. The number of ether oxygens (including phenoxy) is 2. The lowest BCUT2D eigenvalue weighted by atomic mass is 10.0. The number of aromatic hydroxyl groups is 1. The van der Waals surface area contributed by atoms with Crippen LogP contribution in [-0.4, -0.2) is 40.7 Å². The summed E-state index contributed by atoms with van der Waals surface area (Å²) in [6, 6.07) is 7.46. The number of phenolic OH excluding ortho intramolecular Hbond substituents is 1. The average Bonchev–Trinajstić information content (AvgIpc) is 2.64. The number of halogens is 2. The molecular formula is C21H24Br2NO7P. The van der Waals surface area contributed by atoms with Gasteiger partial charge in [-0.05, 0) is 88.5 Å². The van der Waals surface area contributed by atoms with Crippen molar-refractivity contribution in [2.75, 3.05) is 13.3 Å². The van der Waals surface area contributed by atoms with Crippen molar-refractivity contribution in [1.82, 2.24) is 5.32 Å². The quantitative estimate of drug-likeness (QED) is 0.285. The molecule has 1 atom stereocenters. The minimum absolute atomic E-state index is 0.00423. The Morgan fingerprint density at radius 3 is 2.28 bits per heavy atom. The summed E-state index contributed by atoms with van der Waals surface area (Å²) >= 11 is 6.78. The molecule has 2 aromatic rings. The molecular weight excluding hydrogens is 569 g/mol. The monoisotopic (exact) mass is 591 g/mol. The summed E-state index contributed by atoms with van der Waals surface area (Å²) < 4.78 is 23.6. The van der Waals surface area contributed by atoms with Crippen LogP contribution in [0.5, 0.6) is 17.2 Å². The van der Waals surface area contributed by atoms with Crippen LogP contribution in [-0.2, 0) is 20.3 Å². The molecule has 8 nitrogen and oxygen atoms in total. The number of carbonyl (C=O) groups excluding carboxylic acids is 2. The van der Waals surface area contributed by atoms with E-state index in [-0.39, 0.29) is 29.8 Å². The molecule has 0 aliphatic rings. The van der Waals surface area contributed by atoms with Gasteiger partial charge in [-0.2, -0.15) is 0 Å². The van der Waals surface area contributed by atoms with E-state index in [2.05, 4.69) is 37.2 Å². The Bertz CT molecular complexity index is 1060. The lowest BCUT2D eigenvalue weighted by molar-refractivity contribution is -0.149. The van der Waals surface area contributed by atoms with Crippen molar-refractivity contribution in [2.45, 2.75) is 32.5 Å². The van der Waals surface area contributed by atoms with E-state index in [1.165, 1.54) is 38.7 Å². The number of esters is 1. The fourth-order valence-corrected chi connectivity index (χ4v) is 5.04. The zero-order chi connectivity index (χ0) is 24.3. The van der Waals surface area contributed by atoms with Crippen molar-refractivity contribution in [2.24, 2.45) is 0 Å². The first-order valence-corrected chi connectivity index (χ1v) is 13.4. The SMILES string of the molecule is CCOC(=O)C(C)(C)NC(=O)c1cc(Oc2c(Br)cc(CP(C)(=O)O)cc2Br)ccc1O. The third-order valence-corrected chi connectivity index (χ3v) is 6.31. The van der Waals surface area contributed by atoms with Crippen LogP contribution in [0, 0.1) is 0 Å². The summed E-state index contributed by atoms with van der Waals surface area (Å²) in [4.78, 5) is 34.4. The highest BCUT2D eigenvalue weighted by Gasteiger charge is 2.32. The molecule has 0 bridgehead atoms. The van der Waals surface area contributed by atoms with Gasteiger partial charge in [0.25, 0.3) is 5.91 Å². The molecule has 0 fully saturated rings. The molecule has 0 spiro atoms. The van der Waals surface area contributed by atoms with E-state index in [0.29, 0.717) is 20.3 Å². The van der Waals surface area contributed by atoms with Gasteiger partial charge < -0.3 is 24.8 Å². The van der Waals surface area contributed by atoms with Crippen molar-refractivity contribution >= 4 is 51.1 Å². The van der Waals surface area contributed by atoms with Gasteiger partial charge in [-0.15, -0.1) is 0 Å². The van der Waals surface area contributed by atoms with Crippen LogP contribution < -0.4 is 10.1 Å². The lowest BCUT2D eigenvalue weighted by Crippen LogP contribution is -2.50. The van der Waals surface area contributed by atoms with Gasteiger partial charge in [-0.25, -0.2) is 4.79 Å². The van der Waals surface area contributed by atoms with E-state index >= 15 is 0 Å². The molecule has 0 aromatic heterocycles. The highest BCUT2D eigenvalue weighted by Crippen LogP contribution is 2.44. The molecule has 2 aromatic carbocycles. The van der Waals surface area contributed by atoms with Gasteiger partial charge in [-0.3, -0.25) is 9.36 Å². The highest BCUT2D eigenvalue weighted by atomic mass is 79.9. The maximum absolute atomic E-state index is 12.7. The Kier molecular flexibility index (Phi) is 8.56. The molecule has 2 rings (SSSR count). The molecule has 1 amide bonds. The molecule has 11 heteroatoms. The van der Waals surface area contributed by atoms with E-state index in [1.807, 2.05) is 0 Å². The normalized spacial score (nSPS) is 13.2. The zero-order valence-electron chi connectivity index (χ0n) is 17.9. The van der Waals surface area contributed by atoms with Crippen LogP contribution >= 0.6 is 39.2 Å². The third-order valence-electron chi connectivity index (χ3n) is 4.18. The van der Waals surface area contributed by atoms with Gasteiger partial charge >= 0.3 is 5.97 Å². The third kappa shape index (κ3) is 7.07. The highest BCUT2D eigenvalue weighted by molar-refractivity contribution is 9.11. The van der Waals surface area contributed by atoms with Crippen molar-refractivity contribution in [3.05, 3.63) is 50.4 Å². The van der Waals surface area contributed by atoms with E-state index < -0.39 is 24.8 Å². The molecule has 0 heterocycles. The van der Waals surface area contributed by atoms with Gasteiger partial charge in [0.1, 0.15) is 17.0 Å². The molecule has 0 aliphatic heterocycles. The number of benzene rings is 2. The van der Waals surface area contributed by atoms with Crippen molar-refractivity contribution in [3.63, 3.8) is 0 Å². The second kappa shape index (κ2) is 10.4. The molecule has 3 N–H and O–H groups in total. The van der Waals surface area contributed by atoms with Crippen LogP contribution in [0.3, 0.4) is 0 Å². The van der Waals surface area contributed by atoms with Crippen LogP contribution in [0.25, 0.3) is 0 Å². The number of hydrogen-bond acceptors (Lipinski definition) is 6. The standard InChI is InChI=1S/C21H24Br2NO7P/c1-5-30-20(27)21(2,3)24-19(26)14-10-13(6-7-17(14)25)31-18-15(22)8-12(9-16(18)23)11-32(4,28)29/h6-10,25H,5,11H2,1-4H3,(H,24,26)(H,28,29). The summed E-state index contributed by atoms with van der Waals surface area (Å²) in [7, 11) is -3.25. The Labute approximate surface area is 203 Å². The summed E-state index contributed by atoms with van der Waals surface area (Å²) in [5.41, 5.74) is -0.753. The van der Waals surface area contributed by atoms with Gasteiger partial charge in [-0.1, -0.05) is 0 Å². The minimum Gasteiger partial charge on any atom is -0.507 e. The Balaban J connectivity index is 2.29. The summed E-state index contributed by atoms with van der Waals surface area (Å²) in [5, 5.41) is 12.7. The summed E-state index contributed by atoms with van der Waals surface area (Å²) in [6.45, 7) is 6.11. The Morgan fingerprint density at radius 1 is 1.16 bits per heavy atom. The van der Waals surface area contributed by atoms with Gasteiger partial charge in [0.05, 0.1) is 21.1 Å². The molecule has 0 aliphatic carbocycles. The lowest BCUT2D eigenvalue weighted by Gasteiger charge is -2.24. The van der Waals surface area contributed by atoms with Crippen molar-refractivity contribution < 1.29 is 33.6 Å².